The summed E-state index contributed by atoms with van der Waals surface area (Å²) in [6.45, 7) is 5.70. The van der Waals surface area contributed by atoms with E-state index in [4.69, 9.17) is 4.74 Å². The van der Waals surface area contributed by atoms with Crippen LogP contribution in [0.3, 0.4) is 0 Å². The topological polar surface area (TPSA) is 58.9 Å². The van der Waals surface area contributed by atoms with E-state index in [1.807, 2.05) is 63.2 Å². The number of isocyanates is 1. The Kier molecular flexibility index (Phi) is 6.04. The van der Waals surface area contributed by atoms with Crippen LogP contribution in [0, 0.1) is 0 Å². The highest BCUT2D eigenvalue weighted by atomic mass is 16.5. The first-order valence-electron chi connectivity index (χ1n) is 7.96. The molecule has 0 spiro atoms. The Morgan fingerprint density at radius 3 is 2.17 bits per heavy atom. The standard InChI is InChI=1S/C20H23NO3/c1-20(2,3)24-18(19(23)21-14-22)13-15-9-11-17(12-10-15)16-7-5-4-6-8-16/h4-12,18-19,23H,13H2,1-3H3/t18?,19-/m0/s1. The lowest BCUT2D eigenvalue weighted by molar-refractivity contribution is -0.107. The number of hydrogen-bond donors (Lipinski definition) is 1. The van der Waals surface area contributed by atoms with Gasteiger partial charge in [0, 0.05) is 6.42 Å². The van der Waals surface area contributed by atoms with E-state index in [1.165, 1.54) is 6.08 Å². The van der Waals surface area contributed by atoms with Gasteiger partial charge in [0.15, 0.2) is 6.23 Å². The first kappa shape index (κ1) is 18.1. The average Bonchev–Trinajstić information content (AvgIpc) is 2.55. The molecule has 2 rings (SSSR count). The summed E-state index contributed by atoms with van der Waals surface area (Å²) in [7, 11) is 0. The second-order valence-electron chi connectivity index (χ2n) is 6.67. The highest BCUT2D eigenvalue weighted by Crippen LogP contribution is 2.22. The minimum absolute atomic E-state index is 0.450. The van der Waals surface area contributed by atoms with Gasteiger partial charge in [0.1, 0.15) is 6.10 Å². The lowest BCUT2D eigenvalue weighted by atomic mass is 10.0. The summed E-state index contributed by atoms with van der Waals surface area (Å²) in [4.78, 5) is 13.8. The van der Waals surface area contributed by atoms with Crippen LogP contribution < -0.4 is 0 Å². The van der Waals surface area contributed by atoms with Crippen molar-refractivity contribution >= 4 is 6.08 Å². The average molecular weight is 325 g/mol. The summed E-state index contributed by atoms with van der Waals surface area (Å²) in [5.74, 6) is 0. The van der Waals surface area contributed by atoms with Crippen LogP contribution in [-0.4, -0.2) is 29.1 Å². The molecule has 0 aliphatic rings. The second-order valence-corrected chi connectivity index (χ2v) is 6.67. The zero-order chi connectivity index (χ0) is 17.6. The van der Waals surface area contributed by atoms with Gasteiger partial charge in [0.25, 0.3) is 0 Å². The van der Waals surface area contributed by atoms with Crippen LogP contribution >= 0.6 is 0 Å². The third-order valence-corrected chi connectivity index (χ3v) is 3.52. The Labute approximate surface area is 142 Å². The molecule has 0 saturated carbocycles. The number of aliphatic hydroxyl groups is 1. The van der Waals surface area contributed by atoms with Gasteiger partial charge in [0.05, 0.1) is 5.60 Å². The molecule has 0 aromatic heterocycles. The number of carbonyl (C=O) groups excluding carboxylic acids is 1. The smallest absolute Gasteiger partial charge is 0.237 e. The van der Waals surface area contributed by atoms with E-state index >= 15 is 0 Å². The molecule has 24 heavy (non-hydrogen) atoms. The van der Waals surface area contributed by atoms with E-state index in [-0.39, 0.29) is 0 Å². The van der Waals surface area contributed by atoms with Crippen LogP contribution in [0.25, 0.3) is 11.1 Å². The molecule has 4 heteroatoms. The van der Waals surface area contributed by atoms with Crippen molar-refractivity contribution in [2.24, 2.45) is 4.99 Å². The molecular weight excluding hydrogens is 302 g/mol. The Balaban J connectivity index is 2.15. The maximum atomic E-state index is 10.4. The lowest BCUT2D eigenvalue weighted by Gasteiger charge is -2.28. The van der Waals surface area contributed by atoms with E-state index in [1.54, 1.807) is 0 Å². The van der Waals surface area contributed by atoms with E-state index in [2.05, 4.69) is 17.1 Å². The normalized spacial score (nSPS) is 13.8. The highest BCUT2D eigenvalue weighted by Gasteiger charge is 2.25. The van der Waals surface area contributed by atoms with E-state index in [0.717, 1.165) is 16.7 Å². The Hall–Kier alpha value is -2.26. The largest absolute Gasteiger partial charge is 0.369 e. The van der Waals surface area contributed by atoms with Gasteiger partial charge in [-0.15, -0.1) is 0 Å². The van der Waals surface area contributed by atoms with E-state index in [0.29, 0.717) is 6.42 Å². The Bertz CT molecular complexity index is 683. The van der Waals surface area contributed by atoms with Gasteiger partial charge in [-0.2, -0.15) is 4.99 Å². The van der Waals surface area contributed by atoms with Crippen molar-refractivity contribution in [1.29, 1.82) is 0 Å². The van der Waals surface area contributed by atoms with Crippen molar-refractivity contribution < 1.29 is 14.6 Å². The zero-order valence-electron chi connectivity index (χ0n) is 14.3. The summed E-state index contributed by atoms with van der Waals surface area (Å²) in [5, 5.41) is 10.0. The van der Waals surface area contributed by atoms with Gasteiger partial charge in [-0.25, -0.2) is 4.79 Å². The molecule has 1 N–H and O–H groups in total. The molecule has 126 valence electrons. The van der Waals surface area contributed by atoms with Gasteiger partial charge in [-0.1, -0.05) is 54.6 Å². The van der Waals surface area contributed by atoms with Crippen molar-refractivity contribution in [2.75, 3.05) is 0 Å². The number of nitrogens with zero attached hydrogens (tertiary/aromatic N) is 1. The number of hydrogen-bond acceptors (Lipinski definition) is 4. The van der Waals surface area contributed by atoms with Crippen molar-refractivity contribution in [3.63, 3.8) is 0 Å². The van der Waals surface area contributed by atoms with Gasteiger partial charge < -0.3 is 9.84 Å². The van der Waals surface area contributed by atoms with E-state index < -0.39 is 17.9 Å². The fraction of sp³-hybridized carbons (Fsp3) is 0.350. The third-order valence-electron chi connectivity index (χ3n) is 3.52. The fourth-order valence-corrected chi connectivity index (χ4v) is 2.50. The molecule has 0 saturated heterocycles. The van der Waals surface area contributed by atoms with Crippen LogP contribution in [0.15, 0.2) is 59.6 Å². The number of benzene rings is 2. The first-order chi connectivity index (χ1) is 11.4. The summed E-state index contributed by atoms with van der Waals surface area (Å²) in [6.07, 6.45) is 0.0230. The predicted molar refractivity (Wildman–Crippen MR) is 94.3 cm³/mol. The highest BCUT2D eigenvalue weighted by molar-refractivity contribution is 5.63. The maximum Gasteiger partial charge on any atom is 0.237 e. The molecule has 4 nitrogen and oxygen atoms in total. The molecule has 0 radical (unpaired) electrons. The van der Waals surface area contributed by atoms with Gasteiger partial charge >= 0.3 is 0 Å². The molecule has 2 aromatic rings. The summed E-state index contributed by atoms with van der Waals surface area (Å²) in [6, 6.07) is 18.2. The molecule has 2 aromatic carbocycles. The van der Waals surface area contributed by atoms with Gasteiger partial charge in [0.2, 0.25) is 6.08 Å². The summed E-state index contributed by atoms with van der Waals surface area (Å²) >= 11 is 0. The number of rotatable bonds is 6. The fourth-order valence-electron chi connectivity index (χ4n) is 2.50. The van der Waals surface area contributed by atoms with Crippen LogP contribution in [0.4, 0.5) is 0 Å². The van der Waals surface area contributed by atoms with Crippen LogP contribution in [0.5, 0.6) is 0 Å². The molecular formula is C20H23NO3. The maximum absolute atomic E-state index is 10.4. The monoisotopic (exact) mass is 325 g/mol. The molecule has 0 aliphatic heterocycles. The molecule has 0 amide bonds. The summed E-state index contributed by atoms with van der Waals surface area (Å²) < 4.78 is 5.85. The first-order valence-corrected chi connectivity index (χ1v) is 7.96. The Morgan fingerprint density at radius 2 is 1.62 bits per heavy atom. The van der Waals surface area contributed by atoms with Crippen molar-refractivity contribution in [1.82, 2.24) is 0 Å². The van der Waals surface area contributed by atoms with Gasteiger partial charge in [-0.05, 0) is 37.5 Å². The number of aliphatic imine (C=N–C) groups is 1. The molecule has 2 atom stereocenters. The minimum Gasteiger partial charge on any atom is -0.369 e. The lowest BCUT2D eigenvalue weighted by Crippen LogP contribution is -2.36. The molecule has 0 fully saturated rings. The van der Waals surface area contributed by atoms with E-state index in [9.17, 15) is 9.90 Å². The number of ether oxygens (including phenoxy) is 1. The van der Waals surface area contributed by atoms with Gasteiger partial charge in [-0.3, -0.25) is 0 Å². The molecule has 0 aliphatic carbocycles. The van der Waals surface area contributed by atoms with Crippen molar-refractivity contribution in [3.05, 3.63) is 60.2 Å². The minimum atomic E-state index is -1.23. The summed E-state index contributed by atoms with van der Waals surface area (Å²) in [5.41, 5.74) is 2.83. The van der Waals surface area contributed by atoms with Crippen LogP contribution in [0.2, 0.25) is 0 Å². The van der Waals surface area contributed by atoms with Crippen LogP contribution in [-0.2, 0) is 16.0 Å². The molecule has 1 unspecified atom stereocenters. The Morgan fingerprint density at radius 1 is 1.04 bits per heavy atom. The zero-order valence-corrected chi connectivity index (χ0v) is 14.3. The van der Waals surface area contributed by atoms with Crippen molar-refractivity contribution in [2.45, 2.75) is 45.1 Å². The quantitative estimate of drug-likeness (QED) is 0.650. The predicted octanol–water partition coefficient (Wildman–Crippen LogP) is 3.73. The SMILES string of the molecule is CC(C)(C)OC(Cc1ccc(-c2ccccc2)cc1)[C@H](O)N=C=O. The molecule has 0 heterocycles. The van der Waals surface area contributed by atoms with Crippen molar-refractivity contribution in [3.8, 4) is 11.1 Å². The second kappa shape index (κ2) is 8.02. The molecule has 0 bridgehead atoms. The van der Waals surface area contributed by atoms with Crippen LogP contribution in [0.1, 0.15) is 26.3 Å². The third kappa shape index (κ3) is 5.43. The number of aliphatic hydroxyl groups excluding tert-OH is 1.